The van der Waals surface area contributed by atoms with Gasteiger partial charge in [-0.2, -0.15) is 0 Å². The smallest absolute Gasteiger partial charge is 0.252 e. The van der Waals surface area contributed by atoms with E-state index in [1.807, 2.05) is 11.8 Å². The average molecular weight is 1030 g/mol. The van der Waals surface area contributed by atoms with E-state index in [0.29, 0.717) is 0 Å². The normalized spacial score (nSPS) is 12.5. The van der Waals surface area contributed by atoms with Gasteiger partial charge in [0, 0.05) is 67.0 Å². The standard InChI is InChI=1S/C72H49B2N3OS/c1-8-25-50(26-9-1)59-39-24-40-60(51-27-10-2-11-28-51)71(59)74-62-44-43-57(75(52-29-12-3-13-30-52)53-31-14-4-15-32-53)46-67(62)78-68-49-69-64(48-63(68)74)73-61-41-22-23-42-65(61)77(56-37-20-7-21-38-56)66-45-58(47-70(79-69)72(66)73)76(54-33-16-5-17-34-54)55-35-18-6-19-36-55/h1-49H. The summed E-state index contributed by atoms with van der Waals surface area (Å²) >= 11 is 1.86. The van der Waals surface area contributed by atoms with Gasteiger partial charge in [0.05, 0.1) is 0 Å². The molecule has 15 rings (SSSR count). The van der Waals surface area contributed by atoms with E-state index in [2.05, 4.69) is 312 Å². The lowest BCUT2D eigenvalue weighted by Crippen LogP contribution is -2.62. The zero-order valence-corrected chi connectivity index (χ0v) is 43.9. The zero-order chi connectivity index (χ0) is 52.2. The number of ether oxygens (including phenoxy) is 1. The first kappa shape index (κ1) is 46.6. The fraction of sp³-hybridized carbons (Fsp3) is 0. The molecule has 3 aliphatic heterocycles. The second kappa shape index (κ2) is 19.7. The van der Waals surface area contributed by atoms with Gasteiger partial charge in [-0.25, -0.2) is 0 Å². The van der Waals surface area contributed by atoms with Crippen molar-refractivity contribution in [3.63, 3.8) is 0 Å². The molecular weight excluding hydrogens is 977 g/mol. The van der Waals surface area contributed by atoms with Crippen molar-refractivity contribution in [2.75, 3.05) is 14.7 Å². The van der Waals surface area contributed by atoms with Crippen molar-refractivity contribution in [2.45, 2.75) is 9.79 Å². The molecule has 0 saturated heterocycles. The number of fused-ring (bicyclic) bond motifs is 6. The molecule has 0 unspecified atom stereocenters. The summed E-state index contributed by atoms with van der Waals surface area (Å²) in [7, 11) is 0. The summed E-state index contributed by atoms with van der Waals surface area (Å²) in [6.45, 7) is -0.295. The molecule has 4 nitrogen and oxygen atoms in total. The van der Waals surface area contributed by atoms with Crippen LogP contribution in [-0.2, 0) is 0 Å². The summed E-state index contributed by atoms with van der Waals surface area (Å²) in [6, 6.07) is 108. The van der Waals surface area contributed by atoms with Crippen molar-refractivity contribution in [1.82, 2.24) is 0 Å². The van der Waals surface area contributed by atoms with Crippen LogP contribution in [-0.4, -0.2) is 13.4 Å². The van der Waals surface area contributed by atoms with Crippen molar-refractivity contribution in [3.8, 4) is 33.8 Å². The molecule has 79 heavy (non-hydrogen) atoms. The van der Waals surface area contributed by atoms with Crippen LogP contribution < -0.4 is 52.2 Å². The summed E-state index contributed by atoms with van der Waals surface area (Å²) < 4.78 is 7.51. The molecule has 0 bridgehead atoms. The number of anilines is 9. The van der Waals surface area contributed by atoms with Crippen LogP contribution in [0.1, 0.15) is 0 Å². The predicted molar refractivity (Wildman–Crippen MR) is 334 cm³/mol. The van der Waals surface area contributed by atoms with E-state index in [0.717, 1.165) is 62.2 Å². The summed E-state index contributed by atoms with van der Waals surface area (Å²) in [5.41, 5.74) is 22.0. The van der Waals surface area contributed by atoms with Gasteiger partial charge < -0.3 is 19.4 Å². The number of nitrogens with zero attached hydrogens (tertiary/aromatic N) is 3. The van der Waals surface area contributed by atoms with Crippen LogP contribution in [0.2, 0.25) is 0 Å². The highest BCUT2D eigenvalue weighted by Gasteiger charge is 2.44. The van der Waals surface area contributed by atoms with Gasteiger partial charge in [-0.1, -0.05) is 223 Å². The number of hydrogen-bond acceptors (Lipinski definition) is 5. The molecule has 0 N–H and O–H groups in total. The number of benzene rings is 12. The van der Waals surface area contributed by atoms with Gasteiger partial charge in [0.1, 0.15) is 11.5 Å². The first-order valence-electron chi connectivity index (χ1n) is 27.1. The van der Waals surface area contributed by atoms with E-state index in [9.17, 15) is 0 Å². The minimum Gasteiger partial charge on any atom is -0.458 e. The Morgan fingerprint density at radius 3 is 1.35 bits per heavy atom. The highest BCUT2D eigenvalue weighted by Crippen LogP contribution is 2.47. The first-order chi connectivity index (χ1) is 39.2. The molecule has 0 saturated carbocycles. The van der Waals surface area contributed by atoms with Crippen molar-refractivity contribution in [1.29, 1.82) is 0 Å². The Balaban J connectivity index is 0.989. The summed E-state index contributed by atoms with van der Waals surface area (Å²) in [4.78, 5) is 9.60. The predicted octanol–water partition coefficient (Wildman–Crippen LogP) is 15.3. The quantitative estimate of drug-likeness (QED) is 0.127. The largest absolute Gasteiger partial charge is 0.458 e. The molecule has 7 heteroatoms. The highest BCUT2D eigenvalue weighted by atomic mass is 32.2. The van der Waals surface area contributed by atoms with Gasteiger partial charge in [0.2, 0.25) is 6.71 Å². The van der Waals surface area contributed by atoms with Gasteiger partial charge in [-0.3, -0.25) is 0 Å². The topological polar surface area (TPSA) is 19.0 Å². The second-order valence-corrected chi connectivity index (χ2v) is 21.4. The lowest BCUT2D eigenvalue weighted by molar-refractivity contribution is 0.486. The zero-order valence-electron chi connectivity index (χ0n) is 43.1. The maximum atomic E-state index is 7.51. The third-order valence-electron chi connectivity index (χ3n) is 15.8. The Morgan fingerprint density at radius 1 is 0.304 bits per heavy atom. The van der Waals surface area contributed by atoms with Gasteiger partial charge in [-0.05, 0) is 135 Å². The van der Waals surface area contributed by atoms with Crippen LogP contribution in [0.5, 0.6) is 11.5 Å². The molecule has 0 atom stereocenters. The van der Waals surface area contributed by atoms with Gasteiger partial charge in [0.15, 0.2) is 0 Å². The van der Waals surface area contributed by atoms with Crippen molar-refractivity contribution in [3.05, 3.63) is 297 Å². The monoisotopic (exact) mass is 1030 g/mol. The van der Waals surface area contributed by atoms with Crippen molar-refractivity contribution >= 4 is 109 Å². The van der Waals surface area contributed by atoms with Gasteiger partial charge in [0.25, 0.3) is 6.71 Å². The minimum atomic E-state index is -0.218. The molecule has 3 aliphatic rings. The Morgan fingerprint density at radius 2 is 0.785 bits per heavy atom. The molecule has 0 radical (unpaired) electrons. The maximum absolute atomic E-state index is 7.51. The van der Waals surface area contributed by atoms with E-state index in [4.69, 9.17) is 4.74 Å². The second-order valence-electron chi connectivity index (χ2n) is 20.3. The van der Waals surface area contributed by atoms with Gasteiger partial charge in [-0.15, -0.1) is 0 Å². The van der Waals surface area contributed by atoms with E-state index < -0.39 is 0 Å². The van der Waals surface area contributed by atoms with Gasteiger partial charge >= 0.3 is 0 Å². The molecule has 0 fully saturated rings. The molecular formula is C72H49B2N3OS. The molecule has 0 spiro atoms. The highest BCUT2D eigenvalue weighted by molar-refractivity contribution is 8.00. The molecule has 3 heterocycles. The van der Waals surface area contributed by atoms with Crippen LogP contribution in [0.4, 0.5) is 51.2 Å². The minimum absolute atomic E-state index is 0.0775. The van der Waals surface area contributed by atoms with E-state index in [-0.39, 0.29) is 13.4 Å². The third-order valence-corrected chi connectivity index (χ3v) is 16.9. The number of hydrogen-bond donors (Lipinski definition) is 0. The van der Waals surface area contributed by atoms with Crippen molar-refractivity contribution in [2.24, 2.45) is 0 Å². The fourth-order valence-corrected chi connectivity index (χ4v) is 13.6. The third kappa shape index (κ3) is 8.12. The average Bonchev–Trinajstić information content (AvgIpc) is 3.70. The Kier molecular flexibility index (Phi) is 11.6. The lowest BCUT2D eigenvalue weighted by Gasteiger charge is -2.42. The Hall–Kier alpha value is -9.68. The van der Waals surface area contributed by atoms with Crippen LogP contribution in [0, 0.1) is 0 Å². The van der Waals surface area contributed by atoms with Crippen molar-refractivity contribution < 1.29 is 4.74 Å². The molecule has 12 aromatic rings. The van der Waals surface area contributed by atoms with Crippen LogP contribution in [0.3, 0.4) is 0 Å². The Labute approximate surface area is 466 Å². The summed E-state index contributed by atoms with van der Waals surface area (Å²) in [5, 5.41) is 0. The molecule has 0 amide bonds. The van der Waals surface area contributed by atoms with Crippen LogP contribution in [0.25, 0.3) is 22.3 Å². The molecule has 0 aromatic heterocycles. The molecule has 0 aliphatic carbocycles. The van der Waals surface area contributed by atoms with Crippen LogP contribution >= 0.6 is 11.8 Å². The number of para-hydroxylation sites is 6. The fourth-order valence-electron chi connectivity index (χ4n) is 12.4. The molecule has 12 aromatic carbocycles. The summed E-state index contributed by atoms with van der Waals surface area (Å²) in [6.07, 6.45) is 0. The summed E-state index contributed by atoms with van der Waals surface area (Å²) in [5.74, 6) is 1.70. The Bertz CT molecular complexity index is 4080. The molecule has 370 valence electrons. The SMILES string of the molecule is c1ccc(-c2cccc(-c3ccccc3)c2B2c3ccc(N(c4ccccc4)c4ccccc4)cc3Oc3cc4c(cc32)B2c3ccccc3N(c3ccccc3)c3cc(N(c5ccccc5)c5ccccc5)cc(c32)S4)cc1. The maximum Gasteiger partial charge on any atom is 0.252 e. The van der Waals surface area contributed by atoms with E-state index in [1.165, 1.54) is 65.3 Å². The van der Waals surface area contributed by atoms with Crippen LogP contribution in [0.15, 0.2) is 307 Å². The van der Waals surface area contributed by atoms with E-state index >= 15 is 0 Å². The first-order valence-corrected chi connectivity index (χ1v) is 27.9. The number of rotatable bonds is 10. The lowest BCUT2D eigenvalue weighted by atomic mass is 9.31. The van der Waals surface area contributed by atoms with E-state index in [1.54, 1.807) is 0 Å².